The highest BCUT2D eigenvalue weighted by Gasteiger charge is 2.25. The van der Waals surface area contributed by atoms with Crippen LogP contribution >= 0.6 is 11.6 Å². The number of halogens is 1. The highest BCUT2D eigenvalue weighted by molar-refractivity contribution is 6.36. The van der Waals surface area contributed by atoms with Gasteiger partial charge in [0, 0.05) is 62.1 Å². The number of hydrogen-bond donors (Lipinski definition) is 0. The van der Waals surface area contributed by atoms with Gasteiger partial charge in [0.25, 0.3) is 5.91 Å². The summed E-state index contributed by atoms with van der Waals surface area (Å²) < 4.78 is 0. The summed E-state index contributed by atoms with van der Waals surface area (Å²) in [7, 11) is 0. The second-order valence-corrected chi connectivity index (χ2v) is 7.06. The molecule has 2 aromatic heterocycles. The van der Waals surface area contributed by atoms with Gasteiger partial charge in [-0.2, -0.15) is 0 Å². The first-order chi connectivity index (χ1) is 13.7. The Kier molecular flexibility index (Phi) is 5.21. The monoisotopic (exact) mass is 394 g/mol. The number of hydrogen-bond acceptors (Lipinski definition) is 5. The Labute approximate surface area is 167 Å². The Morgan fingerprint density at radius 2 is 1.86 bits per heavy atom. The Morgan fingerprint density at radius 3 is 2.57 bits per heavy atom. The van der Waals surface area contributed by atoms with Crippen LogP contribution in [-0.4, -0.2) is 53.2 Å². The van der Waals surface area contributed by atoms with Crippen molar-refractivity contribution in [2.24, 2.45) is 0 Å². The van der Waals surface area contributed by atoms with Gasteiger partial charge in [-0.15, -0.1) is 0 Å². The topological polar surface area (TPSA) is 66.4 Å². The van der Waals surface area contributed by atoms with Crippen LogP contribution < -0.4 is 4.90 Å². The van der Waals surface area contributed by atoms with Crippen LogP contribution in [0.15, 0.2) is 48.9 Å². The van der Waals surface area contributed by atoms with Gasteiger partial charge in [-0.25, -0.2) is 0 Å². The molecule has 28 heavy (non-hydrogen) atoms. The molecule has 1 aliphatic heterocycles. The standard InChI is InChI=1S/C21H19ClN4O2/c22-18-14-16(5-13-27)20(19-17(18)2-1-6-24-19)25-9-11-26(12-10-25)21(28)15-3-7-23-8-4-15/h1-4,6-8,13-14H,5,9-12H2. The van der Waals surface area contributed by atoms with Gasteiger partial charge in [0.05, 0.1) is 16.2 Å². The van der Waals surface area contributed by atoms with Crippen LogP contribution in [-0.2, 0) is 11.2 Å². The molecular weight excluding hydrogens is 376 g/mol. The predicted octanol–water partition coefficient (Wildman–Crippen LogP) is 2.99. The van der Waals surface area contributed by atoms with Crippen LogP contribution in [0.2, 0.25) is 5.02 Å². The van der Waals surface area contributed by atoms with Crippen molar-refractivity contribution in [3.63, 3.8) is 0 Å². The summed E-state index contributed by atoms with van der Waals surface area (Å²) in [6, 6.07) is 9.09. The van der Waals surface area contributed by atoms with Gasteiger partial charge in [0.15, 0.2) is 0 Å². The number of benzene rings is 1. The van der Waals surface area contributed by atoms with E-state index < -0.39 is 0 Å². The van der Waals surface area contributed by atoms with E-state index in [0.29, 0.717) is 36.8 Å². The quantitative estimate of drug-likeness (QED) is 0.636. The molecule has 4 rings (SSSR count). The molecule has 0 atom stereocenters. The number of carbonyl (C=O) groups excluding carboxylic acids is 2. The molecule has 0 saturated carbocycles. The van der Waals surface area contributed by atoms with E-state index in [1.807, 2.05) is 23.1 Å². The lowest BCUT2D eigenvalue weighted by Crippen LogP contribution is -2.49. The third-order valence-electron chi connectivity index (χ3n) is 5.01. The molecule has 0 spiro atoms. The normalized spacial score (nSPS) is 14.3. The SMILES string of the molecule is O=CCc1cc(Cl)c2cccnc2c1N1CCN(C(=O)c2ccncc2)CC1. The van der Waals surface area contributed by atoms with Gasteiger partial charge in [0.2, 0.25) is 0 Å². The molecule has 1 fully saturated rings. The van der Waals surface area contributed by atoms with E-state index in [-0.39, 0.29) is 12.3 Å². The zero-order valence-corrected chi connectivity index (χ0v) is 16.0. The van der Waals surface area contributed by atoms with Crippen LogP contribution in [0, 0.1) is 0 Å². The fraction of sp³-hybridized carbons (Fsp3) is 0.238. The average molecular weight is 395 g/mol. The van der Waals surface area contributed by atoms with Crippen molar-refractivity contribution in [3.8, 4) is 0 Å². The number of fused-ring (bicyclic) bond motifs is 1. The van der Waals surface area contributed by atoms with Crippen molar-refractivity contribution < 1.29 is 9.59 Å². The number of piperazine rings is 1. The highest BCUT2D eigenvalue weighted by atomic mass is 35.5. The Bertz CT molecular complexity index is 1020. The number of amides is 1. The third-order valence-corrected chi connectivity index (χ3v) is 5.32. The minimum atomic E-state index is 0.00857. The van der Waals surface area contributed by atoms with Gasteiger partial charge in [-0.3, -0.25) is 14.8 Å². The Balaban J connectivity index is 1.62. The molecule has 1 amide bonds. The second kappa shape index (κ2) is 7.94. The maximum absolute atomic E-state index is 12.7. The van der Waals surface area contributed by atoms with Crippen molar-refractivity contribution in [1.82, 2.24) is 14.9 Å². The summed E-state index contributed by atoms with van der Waals surface area (Å²) in [5, 5.41) is 1.46. The van der Waals surface area contributed by atoms with Gasteiger partial charge < -0.3 is 14.6 Å². The van der Waals surface area contributed by atoms with Crippen molar-refractivity contribution in [2.45, 2.75) is 6.42 Å². The van der Waals surface area contributed by atoms with E-state index in [0.717, 1.165) is 28.4 Å². The summed E-state index contributed by atoms with van der Waals surface area (Å²) in [6.45, 7) is 2.52. The van der Waals surface area contributed by atoms with E-state index in [1.54, 1.807) is 30.7 Å². The van der Waals surface area contributed by atoms with E-state index >= 15 is 0 Å². The fourth-order valence-electron chi connectivity index (χ4n) is 3.65. The number of aromatic nitrogens is 2. The number of carbonyl (C=O) groups is 2. The van der Waals surface area contributed by atoms with Crippen molar-refractivity contribution in [1.29, 1.82) is 0 Å². The molecule has 0 radical (unpaired) electrons. The highest BCUT2D eigenvalue weighted by Crippen LogP contribution is 2.35. The zero-order chi connectivity index (χ0) is 19.5. The lowest BCUT2D eigenvalue weighted by Gasteiger charge is -2.37. The van der Waals surface area contributed by atoms with E-state index in [2.05, 4.69) is 14.9 Å². The van der Waals surface area contributed by atoms with Crippen molar-refractivity contribution >= 4 is 40.4 Å². The Morgan fingerprint density at radius 1 is 1.11 bits per heavy atom. The second-order valence-electron chi connectivity index (χ2n) is 6.65. The summed E-state index contributed by atoms with van der Waals surface area (Å²) in [6.07, 6.45) is 6.14. The van der Waals surface area contributed by atoms with Crippen molar-refractivity contribution in [2.75, 3.05) is 31.1 Å². The number of rotatable bonds is 4. The Hall–Kier alpha value is -2.99. The van der Waals surface area contributed by atoms with Crippen LogP contribution in [0.4, 0.5) is 5.69 Å². The molecule has 0 unspecified atom stereocenters. The first-order valence-electron chi connectivity index (χ1n) is 9.13. The average Bonchev–Trinajstić information content (AvgIpc) is 2.75. The molecule has 3 heterocycles. The van der Waals surface area contributed by atoms with Crippen LogP contribution in [0.25, 0.3) is 10.9 Å². The van der Waals surface area contributed by atoms with Gasteiger partial charge in [-0.05, 0) is 35.9 Å². The molecule has 0 bridgehead atoms. The molecule has 142 valence electrons. The number of nitrogens with zero attached hydrogens (tertiary/aromatic N) is 4. The summed E-state index contributed by atoms with van der Waals surface area (Å²) >= 11 is 6.41. The molecule has 6 nitrogen and oxygen atoms in total. The van der Waals surface area contributed by atoms with E-state index in [1.165, 1.54) is 0 Å². The zero-order valence-electron chi connectivity index (χ0n) is 15.2. The predicted molar refractivity (Wildman–Crippen MR) is 109 cm³/mol. The van der Waals surface area contributed by atoms with E-state index in [4.69, 9.17) is 11.6 Å². The molecule has 1 saturated heterocycles. The summed E-state index contributed by atoms with van der Waals surface area (Å²) in [5.74, 6) is 0.00857. The largest absolute Gasteiger partial charge is 0.366 e. The number of pyridine rings is 2. The maximum atomic E-state index is 12.7. The number of anilines is 1. The molecule has 0 aliphatic carbocycles. The van der Waals surface area contributed by atoms with Crippen LogP contribution in [0.1, 0.15) is 15.9 Å². The van der Waals surface area contributed by atoms with Crippen LogP contribution in [0.5, 0.6) is 0 Å². The molecule has 1 aromatic carbocycles. The molecule has 3 aromatic rings. The lowest BCUT2D eigenvalue weighted by molar-refractivity contribution is -0.107. The van der Waals surface area contributed by atoms with Crippen LogP contribution in [0.3, 0.4) is 0 Å². The summed E-state index contributed by atoms with van der Waals surface area (Å²) in [4.78, 5) is 36.4. The minimum absolute atomic E-state index is 0.00857. The molecular formula is C21H19ClN4O2. The van der Waals surface area contributed by atoms with Gasteiger partial charge in [0.1, 0.15) is 6.29 Å². The van der Waals surface area contributed by atoms with Crippen molar-refractivity contribution in [3.05, 3.63) is 65.1 Å². The lowest BCUT2D eigenvalue weighted by atomic mass is 10.0. The molecule has 1 aliphatic rings. The smallest absolute Gasteiger partial charge is 0.254 e. The third kappa shape index (κ3) is 3.43. The van der Waals surface area contributed by atoms with E-state index in [9.17, 15) is 9.59 Å². The fourth-order valence-corrected chi connectivity index (χ4v) is 3.93. The number of aldehydes is 1. The first-order valence-corrected chi connectivity index (χ1v) is 9.51. The minimum Gasteiger partial charge on any atom is -0.366 e. The summed E-state index contributed by atoms with van der Waals surface area (Å²) in [5.41, 5.74) is 3.23. The first kappa shape index (κ1) is 18.4. The molecule has 0 N–H and O–H groups in total. The van der Waals surface area contributed by atoms with Gasteiger partial charge in [-0.1, -0.05) is 11.6 Å². The molecule has 7 heteroatoms. The van der Waals surface area contributed by atoms with Gasteiger partial charge >= 0.3 is 0 Å². The maximum Gasteiger partial charge on any atom is 0.254 e.